The van der Waals surface area contributed by atoms with E-state index in [1.807, 2.05) is 12.2 Å². The number of allylic oxidation sites excluding steroid dienone is 4. The smallest absolute Gasteiger partial charge is 0.0926 e. The maximum atomic E-state index is 4.31. The van der Waals surface area contributed by atoms with Crippen molar-refractivity contribution in [2.45, 2.75) is 24.9 Å². The number of hydrogen-bond acceptors (Lipinski definition) is 2. The van der Waals surface area contributed by atoms with Crippen LogP contribution >= 0.6 is 0 Å². The quantitative estimate of drug-likeness (QED) is 0.592. The van der Waals surface area contributed by atoms with Gasteiger partial charge < -0.3 is 0 Å². The lowest BCUT2D eigenvalue weighted by Crippen LogP contribution is -2.04. The van der Waals surface area contributed by atoms with E-state index in [1.54, 1.807) is 0 Å². The van der Waals surface area contributed by atoms with Crippen molar-refractivity contribution in [2.24, 2.45) is 10.2 Å². The standard InChI is InChI=1S/C12H14N2/c1-3-7-11(8-4-1)13-14-12-9-5-2-6-10-12/h1-7,9,11-12H,8,10H2/b14-13+. The van der Waals surface area contributed by atoms with Gasteiger partial charge in [0.25, 0.3) is 0 Å². The Hall–Kier alpha value is -1.44. The molecule has 2 heteroatoms. The van der Waals surface area contributed by atoms with Gasteiger partial charge in [-0.3, -0.25) is 0 Å². The van der Waals surface area contributed by atoms with Gasteiger partial charge in [0.1, 0.15) is 0 Å². The SMILES string of the molecule is C1=CCC(/N=N/C2C=CC=CC2)C=C1. The molecule has 2 nitrogen and oxygen atoms in total. The molecular weight excluding hydrogens is 172 g/mol. The Kier molecular flexibility index (Phi) is 3.06. The van der Waals surface area contributed by atoms with Gasteiger partial charge in [0, 0.05) is 0 Å². The zero-order valence-electron chi connectivity index (χ0n) is 8.08. The Balaban J connectivity index is 1.87. The van der Waals surface area contributed by atoms with E-state index >= 15 is 0 Å². The van der Waals surface area contributed by atoms with Crippen LogP contribution in [-0.2, 0) is 0 Å². The Labute approximate surface area is 84.4 Å². The summed E-state index contributed by atoms with van der Waals surface area (Å²) in [5, 5.41) is 8.62. The van der Waals surface area contributed by atoms with E-state index in [0.717, 1.165) is 12.8 Å². The molecule has 2 unspecified atom stereocenters. The lowest BCUT2D eigenvalue weighted by atomic mass is 10.1. The van der Waals surface area contributed by atoms with Gasteiger partial charge in [0.15, 0.2) is 0 Å². The maximum absolute atomic E-state index is 4.31. The van der Waals surface area contributed by atoms with Gasteiger partial charge in [-0.2, -0.15) is 10.2 Å². The molecule has 2 aliphatic carbocycles. The summed E-state index contributed by atoms with van der Waals surface area (Å²) in [5.41, 5.74) is 0. The predicted octanol–water partition coefficient (Wildman–Crippen LogP) is 3.21. The third-order valence-electron chi connectivity index (χ3n) is 2.28. The molecule has 0 spiro atoms. The fourth-order valence-corrected chi connectivity index (χ4v) is 1.48. The number of nitrogens with zero attached hydrogens (tertiary/aromatic N) is 2. The molecule has 0 aromatic rings. The molecule has 2 aliphatic rings. The van der Waals surface area contributed by atoms with Gasteiger partial charge in [-0.25, -0.2) is 0 Å². The zero-order chi connectivity index (χ0) is 9.64. The Morgan fingerprint density at radius 1 is 0.714 bits per heavy atom. The summed E-state index contributed by atoms with van der Waals surface area (Å²) in [7, 11) is 0. The molecule has 0 N–H and O–H groups in total. The Morgan fingerprint density at radius 2 is 1.21 bits per heavy atom. The summed E-state index contributed by atoms with van der Waals surface area (Å²) in [6, 6.07) is 0.499. The first-order valence-corrected chi connectivity index (χ1v) is 5.02. The molecule has 0 saturated heterocycles. The van der Waals surface area contributed by atoms with Crippen molar-refractivity contribution >= 4 is 0 Å². The van der Waals surface area contributed by atoms with Crippen LogP contribution in [0.15, 0.2) is 58.8 Å². The van der Waals surface area contributed by atoms with Gasteiger partial charge in [-0.05, 0) is 12.8 Å². The van der Waals surface area contributed by atoms with Crippen molar-refractivity contribution in [1.82, 2.24) is 0 Å². The van der Waals surface area contributed by atoms with E-state index in [2.05, 4.69) is 46.7 Å². The van der Waals surface area contributed by atoms with Crippen molar-refractivity contribution in [3.05, 3.63) is 48.6 Å². The fraction of sp³-hybridized carbons (Fsp3) is 0.333. The molecule has 0 aromatic heterocycles. The molecule has 2 rings (SSSR count). The van der Waals surface area contributed by atoms with Gasteiger partial charge in [-0.15, -0.1) is 0 Å². The van der Waals surface area contributed by atoms with Crippen LogP contribution in [0.1, 0.15) is 12.8 Å². The molecule has 0 fully saturated rings. The minimum absolute atomic E-state index is 0.249. The Bertz CT molecular complexity index is 289. The highest BCUT2D eigenvalue weighted by Gasteiger charge is 2.05. The fourth-order valence-electron chi connectivity index (χ4n) is 1.48. The lowest BCUT2D eigenvalue weighted by molar-refractivity contribution is 0.682. The highest BCUT2D eigenvalue weighted by molar-refractivity contribution is 5.15. The van der Waals surface area contributed by atoms with Crippen LogP contribution in [-0.4, -0.2) is 12.1 Å². The van der Waals surface area contributed by atoms with Crippen molar-refractivity contribution in [2.75, 3.05) is 0 Å². The second-order valence-electron chi connectivity index (χ2n) is 3.46. The monoisotopic (exact) mass is 186 g/mol. The molecule has 0 bridgehead atoms. The minimum atomic E-state index is 0.249. The van der Waals surface area contributed by atoms with Crippen LogP contribution in [0.25, 0.3) is 0 Å². The van der Waals surface area contributed by atoms with Crippen molar-refractivity contribution < 1.29 is 0 Å². The van der Waals surface area contributed by atoms with Gasteiger partial charge in [0.2, 0.25) is 0 Å². The molecule has 0 aromatic carbocycles. The molecular formula is C12H14N2. The van der Waals surface area contributed by atoms with Gasteiger partial charge >= 0.3 is 0 Å². The van der Waals surface area contributed by atoms with Crippen LogP contribution in [0, 0.1) is 0 Å². The summed E-state index contributed by atoms with van der Waals surface area (Å²) in [6.45, 7) is 0. The lowest BCUT2D eigenvalue weighted by Gasteiger charge is -2.09. The van der Waals surface area contributed by atoms with Crippen molar-refractivity contribution in [1.29, 1.82) is 0 Å². The molecule has 14 heavy (non-hydrogen) atoms. The first-order chi connectivity index (χ1) is 6.95. The predicted molar refractivity (Wildman–Crippen MR) is 58.2 cm³/mol. The molecule has 2 atom stereocenters. The third kappa shape index (κ3) is 2.52. The van der Waals surface area contributed by atoms with E-state index in [9.17, 15) is 0 Å². The van der Waals surface area contributed by atoms with Crippen LogP contribution in [0.5, 0.6) is 0 Å². The summed E-state index contributed by atoms with van der Waals surface area (Å²) in [4.78, 5) is 0. The highest BCUT2D eigenvalue weighted by atomic mass is 15.1. The third-order valence-corrected chi connectivity index (χ3v) is 2.28. The molecule has 0 radical (unpaired) electrons. The first kappa shape index (κ1) is 9.13. The number of azo groups is 1. The zero-order valence-corrected chi connectivity index (χ0v) is 8.08. The summed E-state index contributed by atoms with van der Waals surface area (Å²) >= 11 is 0. The second-order valence-corrected chi connectivity index (χ2v) is 3.46. The molecule has 0 heterocycles. The molecule has 0 aliphatic heterocycles. The van der Waals surface area contributed by atoms with Gasteiger partial charge in [0.05, 0.1) is 12.1 Å². The van der Waals surface area contributed by atoms with E-state index in [0.29, 0.717) is 0 Å². The van der Waals surface area contributed by atoms with E-state index in [-0.39, 0.29) is 12.1 Å². The first-order valence-electron chi connectivity index (χ1n) is 5.02. The molecule has 0 saturated carbocycles. The highest BCUT2D eigenvalue weighted by Crippen LogP contribution is 2.12. The van der Waals surface area contributed by atoms with E-state index < -0.39 is 0 Å². The van der Waals surface area contributed by atoms with E-state index in [4.69, 9.17) is 0 Å². The van der Waals surface area contributed by atoms with Crippen LogP contribution < -0.4 is 0 Å². The number of hydrogen-bond donors (Lipinski definition) is 0. The largest absolute Gasteiger partial charge is 0.186 e. The van der Waals surface area contributed by atoms with Crippen molar-refractivity contribution in [3.8, 4) is 0 Å². The van der Waals surface area contributed by atoms with Crippen LogP contribution in [0.2, 0.25) is 0 Å². The van der Waals surface area contributed by atoms with Crippen LogP contribution in [0.4, 0.5) is 0 Å². The van der Waals surface area contributed by atoms with Gasteiger partial charge in [-0.1, -0.05) is 48.6 Å². The normalized spacial score (nSPS) is 30.3. The average Bonchev–Trinajstić information content (AvgIpc) is 2.29. The minimum Gasteiger partial charge on any atom is -0.186 e. The summed E-state index contributed by atoms with van der Waals surface area (Å²) in [6.07, 6.45) is 18.6. The molecule has 72 valence electrons. The maximum Gasteiger partial charge on any atom is 0.0926 e. The van der Waals surface area contributed by atoms with Crippen molar-refractivity contribution in [3.63, 3.8) is 0 Å². The van der Waals surface area contributed by atoms with Crippen LogP contribution in [0.3, 0.4) is 0 Å². The number of rotatable bonds is 2. The molecule has 0 amide bonds. The second kappa shape index (κ2) is 4.70. The summed E-state index contributed by atoms with van der Waals surface area (Å²) < 4.78 is 0. The average molecular weight is 186 g/mol. The summed E-state index contributed by atoms with van der Waals surface area (Å²) in [5.74, 6) is 0. The Morgan fingerprint density at radius 3 is 1.57 bits per heavy atom. The topological polar surface area (TPSA) is 24.7 Å². The van der Waals surface area contributed by atoms with E-state index in [1.165, 1.54) is 0 Å².